The van der Waals surface area contributed by atoms with Crippen molar-refractivity contribution in [3.05, 3.63) is 69.9 Å². The summed E-state index contributed by atoms with van der Waals surface area (Å²) in [4.78, 5) is 58.3. The maximum Gasteiger partial charge on any atom is 0.417 e. The summed E-state index contributed by atoms with van der Waals surface area (Å²) in [6.45, 7) is 0. The van der Waals surface area contributed by atoms with Gasteiger partial charge in [-0.3, -0.25) is 39.8 Å². The van der Waals surface area contributed by atoms with Crippen LogP contribution < -0.4 is 15.4 Å². The summed E-state index contributed by atoms with van der Waals surface area (Å²) >= 11 is 7.85. The van der Waals surface area contributed by atoms with E-state index >= 15 is 0 Å². The predicted octanol–water partition coefficient (Wildman–Crippen LogP) is 5.49. The molecule has 0 saturated carbocycles. The lowest BCUT2D eigenvalue weighted by Crippen LogP contribution is -2.28. The number of hydrogen-bond acceptors (Lipinski definition) is 11. The van der Waals surface area contributed by atoms with E-state index in [0.29, 0.717) is 24.7 Å². The number of hydrogen-bond donors (Lipinski definition) is 3. The second-order valence-electron chi connectivity index (χ2n) is 10.5. The number of aromatic nitrogens is 3. The van der Waals surface area contributed by atoms with Crippen LogP contribution in [0, 0.1) is 0 Å². The maximum atomic E-state index is 12.7. The lowest BCUT2D eigenvalue weighted by molar-refractivity contribution is -0.137. The number of thioether (sulfide) groups is 2. The number of pyridine rings is 3. The Morgan fingerprint density at radius 2 is 1.38 bits per heavy atom. The van der Waals surface area contributed by atoms with Crippen LogP contribution in [0.1, 0.15) is 52.8 Å². The minimum Gasteiger partial charge on any atom is -0.506 e. The molecular weight excluding hydrogens is 659 g/mol. The number of ether oxygens (including phenoxy) is 1. The van der Waals surface area contributed by atoms with E-state index in [4.69, 9.17) is 16.3 Å². The quantitative estimate of drug-likeness (QED) is 0.320. The Morgan fingerprint density at radius 1 is 0.822 bits per heavy atom. The number of alkyl halides is 3. The van der Waals surface area contributed by atoms with E-state index in [1.54, 1.807) is 12.1 Å². The Balaban J connectivity index is 0.000000179. The van der Waals surface area contributed by atoms with Gasteiger partial charge < -0.3 is 9.84 Å². The number of aryl methyl sites for hydroxylation is 2. The van der Waals surface area contributed by atoms with Crippen molar-refractivity contribution >= 4 is 57.4 Å². The standard InChI is InChI=1S/C17H11ClF3N3O3S.C11H10N2O3S/c18-11-4-8(17(19,20)21)5-23-15(11)27-9-3-7-1-2-10(12(7)22-6-9)13-14(25)24-16(26)28-13;14-6-3-5-1-2-7(8(5)12-4-6)9-10(15)13-11(16)17-9/h3-6,10,13H,1-2H2,(H,24,25,26);3-4,7,9,14H,1-2H2,(H,13,15,16)/t10-,13?;7-,9?/m11/s1. The number of rotatable bonds is 4. The minimum absolute atomic E-state index is 0.0259. The second kappa shape index (κ2) is 12.1. The fourth-order valence-electron chi connectivity index (χ4n) is 5.65. The zero-order chi connectivity index (χ0) is 32.0. The SMILES string of the molecule is O=C1NC(=O)C([C@@H]2CCc3cc(O)cnc32)S1.O=C1NC(=O)C([C@@H]2CCc3cc(Oc4ncc(C(F)(F)F)cc4Cl)cnc32)S1. The fraction of sp³-hybridized carbons (Fsp3) is 0.321. The van der Waals surface area contributed by atoms with Crippen molar-refractivity contribution in [2.24, 2.45) is 0 Å². The lowest BCUT2D eigenvalue weighted by atomic mass is 10.0. The monoisotopic (exact) mass is 679 g/mol. The summed E-state index contributed by atoms with van der Waals surface area (Å²) in [5.41, 5.74) is 2.40. The third-order valence-electron chi connectivity index (χ3n) is 7.63. The van der Waals surface area contributed by atoms with Gasteiger partial charge in [0.1, 0.15) is 27.0 Å². The number of amides is 4. The molecule has 2 aliphatic heterocycles. The molecule has 3 N–H and O–H groups in total. The minimum atomic E-state index is -4.55. The van der Waals surface area contributed by atoms with Crippen LogP contribution in [0.3, 0.4) is 0 Å². The van der Waals surface area contributed by atoms with Crippen LogP contribution in [-0.2, 0) is 28.6 Å². The Hall–Kier alpha value is -3.89. The molecule has 0 radical (unpaired) electrons. The smallest absolute Gasteiger partial charge is 0.417 e. The van der Waals surface area contributed by atoms with E-state index in [-0.39, 0.29) is 61.8 Å². The summed E-state index contributed by atoms with van der Waals surface area (Å²) in [6, 6.07) is 4.12. The van der Waals surface area contributed by atoms with Gasteiger partial charge in [-0.2, -0.15) is 13.2 Å². The Labute approximate surface area is 266 Å². The number of fused-ring (bicyclic) bond motifs is 2. The second-order valence-corrected chi connectivity index (χ2v) is 13.1. The largest absolute Gasteiger partial charge is 0.506 e. The number of nitrogens with zero attached hydrogens (tertiary/aromatic N) is 3. The van der Waals surface area contributed by atoms with Crippen LogP contribution in [0.2, 0.25) is 5.02 Å². The molecule has 3 aromatic heterocycles. The van der Waals surface area contributed by atoms with Gasteiger partial charge in [0.25, 0.3) is 10.5 Å². The molecule has 4 amide bonds. The van der Waals surface area contributed by atoms with Gasteiger partial charge >= 0.3 is 6.18 Å². The molecule has 2 aliphatic carbocycles. The van der Waals surface area contributed by atoms with Crippen molar-refractivity contribution in [1.82, 2.24) is 25.6 Å². The first-order chi connectivity index (χ1) is 21.4. The van der Waals surface area contributed by atoms with Crippen LogP contribution >= 0.6 is 35.1 Å². The van der Waals surface area contributed by atoms with Crippen molar-refractivity contribution < 1.29 is 42.2 Å². The molecule has 0 aromatic carbocycles. The zero-order valence-electron chi connectivity index (χ0n) is 22.8. The lowest BCUT2D eigenvalue weighted by Gasteiger charge is -2.15. The number of imide groups is 2. The first-order valence-electron chi connectivity index (χ1n) is 13.5. The van der Waals surface area contributed by atoms with Crippen molar-refractivity contribution in [3.63, 3.8) is 0 Å². The molecule has 2 fully saturated rings. The number of carbonyl (C=O) groups excluding carboxylic acids is 4. The molecule has 2 saturated heterocycles. The normalized spacial score (nSPS) is 23.6. The topological polar surface area (TPSA) is 160 Å². The van der Waals surface area contributed by atoms with Crippen molar-refractivity contribution in [3.8, 4) is 17.4 Å². The Morgan fingerprint density at radius 3 is 1.89 bits per heavy atom. The average molecular weight is 680 g/mol. The molecule has 5 heterocycles. The van der Waals surface area contributed by atoms with Gasteiger partial charge in [-0.25, -0.2) is 4.98 Å². The van der Waals surface area contributed by atoms with Crippen LogP contribution in [0.15, 0.2) is 36.8 Å². The highest BCUT2D eigenvalue weighted by Crippen LogP contribution is 2.43. The fourth-order valence-corrected chi connectivity index (χ4v) is 7.83. The molecular formula is C28H21ClF3N5O6S2. The highest BCUT2D eigenvalue weighted by molar-refractivity contribution is 8.15. The number of aromatic hydroxyl groups is 1. The molecule has 7 rings (SSSR count). The third-order valence-corrected chi connectivity index (χ3v) is 10.1. The van der Waals surface area contributed by atoms with Crippen LogP contribution in [-0.4, -0.2) is 52.9 Å². The Kier molecular flexibility index (Phi) is 8.39. The molecule has 4 atom stereocenters. The first-order valence-corrected chi connectivity index (χ1v) is 15.6. The van der Waals surface area contributed by atoms with Gasteiger partial charge in [0.15, 0.2) is 0 Å². The zero-order valence-corrected chi connectivity index (χ0v) is 25.1. The van der Waals surface area contributed by atoms with Crippen LogP contribution in [0.4, 0.5) is 22.8 Å². The van der Waals surface area contributed by atoms with Gasteiger partial charge in [0.05, 0.1) is 18.0 Å². The molecule has 0 bridgehead atoms. The molecule has 4 aliphatic rings. The van der Waals surface area contributed by atoms with Gasteiger partial charge in [-0.05, 0) is 55.0 Å². The van der Waals surface area contributed by atoms with E-state index in [0.717, 1.165) is 59.3 Å². The van der Waals surface area contributed by atoms with Crippen molar-refractivity contribution in [2.45, 2.75) is 54.2 Å². The van der Waals surface area contributed by atoms with Gasteiger partial charge in [0.2, 0.25) is 17.7 Å². The molecule has 3 aromatic rings. The van der Waals surface area contributed by atoms with E-state index in [9.17, 15) is 37.5 Å². The average Bonchev–Trinajstić information content (AvgIpc) is 3.74. The van der Waals surface area contributed by atoms with Gasteiger partial charge in [-0.15, -0.1) is 0 Å². The predicted molar refractivity (Wildman–Crippen MR) is 156 cm³/mol. The van der Waals surface area contributed by atoms with Gasteiger partial charge in [-0.1, -0.05) is 35.1 Å². The molecule has 45 heavy (non-hydrogen) atoms. The molecule has 17 heteroatoms. The van der Waals surface area contributed by atoms with Crippen LogP contribution in [0.5, 0.6) is 17.4 Å². The van der Waals surface area contributed by atoms with Gasteiger partial charge in [0, 0.05) is 29.4 Å². The third kappa shape index (κ3) is 6.44. The number of halogens is 4. The summed E-state index contributed by atoms with van der Waals surface area (Å²) < 4.78 is 43.6. The number of carbonyl (C=O) groups is 4. The van der Waals surface area contributed by atoms with E-state index in [1.165, 1.54) is 12.4 Å². The number of nitrogens with one attached hydrogen (secondary N) is 2. The summed E-state index contributed by atoms with van der Waals surface area (Å²) in [5.74, 6) is -0.516. The highest BCUT2D eigenvalue weighted by Gasteiger charge is 2.43. The Bertz CT molecular complexity index is 1750. The summed E-state index contributed by atoms with van der Waals surface area (Å²) in [6.07, 6.45) is 1.75. The van der Waals surface area contributed by atoms with E-state index in [2.05, 4.69) is 25.6 Å². The molecule has 0 spiro atoms. The molecule has 2 unspecified atom stereocenters. The van der Waals surface area contributed by atoms with Crippen molar-refractivity contribution in [2.75, 3.05) is 0 Å². The first kappa shape index (κ1) is 31.1. The van der Waals surface area contributed by atoms with E-state index < -0.39 is 17.0 Å². The molecule has 234 valence electrons. The maximum absolute atomic E-state index is 12.7. The summed E-state index contributed by atoms with van der Waals surface area (Å²) in [5, 5.41) is 12.1. The molecule has 11 nitrogen and oxygen atoms in total. The van der Waals surface area contributed by atoms with Crippen molar-refractivity contribution in [1.29, 1.82) is 0 Å². The summed E-state index contributed by atoms with van der Waals surface area (Å²) in [7, 11) is 0. The highest BCUT2D eigenvalue weighted by atomic mass is 35.5. The van der Waals surface area contributed by atoms with Crippen LogP contribution in [0.25, 0.3) is 0 Å². The van der Waals surface area contributed by atoms with E-state index in [1.807, 2.05) is 0 Å².